The predicted octanol–water partition coefficient (Wildman–Crippen LogP) is 3.34. The number of halogens is 2. The summed E-state index contributed by atoms with van der Waals surface area (Å²) in [5.41, 5.74) is 0.632. The van der Waals surface area contributed by atoms with E-state index in [1.165, 1.54) is 0 Å². The zero-order chi connectivity index (χ0) is 15.6. The summed E-state index contributed by atoms with van der Waals surface area (Å²) >= 11 is 9.87. The van der Waals surface area contributed by atoms with Crippen molar-refractivity contribution in [3.8, 4) is 0 Å². The van der Waals surface area contributed by atoms with Gasteiger partial charge in [0, 0.05) is 11.6 Å². The summed E-state index contributed by atoms with van der Waals surface area (Å²) in [5.74, 6) is -1.17. The highest BCUT2D eigenvalue weighted by molar-refractivity contribution is 9.11. The molecular weight excluding hydrogens is 402 g/mol. The van der Waals surface area contributed by atoms with Gasteiger partial charge in [-0.15, -0.1) is 11.3 Å². The molecule has 1 heterocycles. The summed E-state index contributed by atoms with van der Waals surface area (Å²) in [6.45, 7) is 0.0205. The van der Waals surface area contributed by atoms with Gasteiger partial charge >= 0.3 is 5.97 Å². The van der Waals surface area contributed by atoms with Gasteiger partial charge in [0.2, 0.25) is 10.0 Å². The van der Waals surface area contributed by atoms with Crippen molar-refractivity contribution in [1.82, 2.24) is 4.72 Å². The first-order chi connectivity index (χ1) is 9.81. The normalized spacial score (nSPS) is 11.5. The number of benzene rings is 1. The number of nitrogens with one attached hydrogen (secondary N) is 1. The first kappa shape index (κ1) is 16.4. The molecule has 0 saturated carbocycles. The Labute approximate surface area is 138 Å². The zero-order valence-electron chi connectivity index (χ0n) is 10.3. The molecule has 21 heavy (non-hydrogen) atoms. The van der Waals surface area contributed by atoms with E-state index in [2.05, 4.69) is 20.7 Å². The summed E-state index contributed by atoms with van der Waals surface area (Å²) in [6, 6.07) is 7.98. The molecule has 2 rings (SSSR count). The van der Waals surface area contributed by atoms with Crippen LogP contribution >= 0.6 is 38.9 Å². The van der Waals surface area contributed by atoms with Crippen LogP contribution in [0.3, 0.4) is 0 Å². The second kappa shape index (κ2) is 6.45. The van der Waals surface area contributed by atoms with Gasteiger partial charge in [0.25, 0.3) is 0 Å². The second-order valence-corrected chi connectivity index (χ2v) is 8.48. The van der Waals surface area contributed by atoms with E-state index in [1.807, 2.05) is 0 Å². The van der Waals surface area contributed by atoms with E-state index in [1.54, 1.807) is 24.3 Å². The molecule has 2 N–H and O–H groups in total. The van der Waals surface area contributed by atoms with E-state index < -0.39 is 16.0 Å². The third-order valence-electron chi connectivity index (χ3n) is 2.57. The molecule has 5 nitrogen and oxygen atoms in total. The lowest BCUT2D eigenvalue weighted by Gasteiger charge is -2.07. The van der Waals surface area contributed by atoms with Crippen LogP contribution in [0.25, 0.3) is 0 Å². The van der Waals surface area contributed by atoms with Gasteiger partial charge in [-0.05, 0) is 33.6 Å². The van der Waals surface area contributed by atoms with Crippen molar-refractivity contribution in [2.24, 2.45) is 0 Å². The van der Waals surface area contributed by atoms with E-state index in [4.69, 9.17) is 16.7 Å². The summed E-state index contributed by atoms with van der Waals surface area (Å²) in [6.07, 6.45) is 0. The molecule has 0 radical (unpaired) electrons. The van der Waals surface area contributed by atoms with Crippen LogP contribution < -0.4 is 4.72 Å². The largest absolute Gasteiger partial charge is 0.477 e. The van der Waals surface area contributed by atoms with Crippen molar-refractivity contribution in [1.29, 1.82) is 0 Å². The Bertz CT molecular complexity index is 788. The van der Waals surface area contributed by atoms with Gasteiger partial charge in [0.15, 0.2) is 0 Å². The molecule has 0 aliphatic rings. The lowest BCUT2D eigenvalue weighted by atomic mass is 10.2. The predicted molar refractivity (Wildman–Crippen MR) is 84.5 cm³/mol. The number of carboxylic acid groups (broad SMARTS) is 1. The second-order valence-electron chi connectivity index (χ2n) is 3.97. The van der Waals surface area contributed by atoms with Crippen molar-refractivity contribution in [3.05, 3.63) is 49.6 Å². The lowest BCUT2D eigenvalue weighted by molar-refractivity contribution is 0.0702. The molecule has 0 unspecified atom stereocenters. The van der Waals surface area contributed by atoms with Gasteiger partial charge < -0.3 is 5.11 Å². The molecule has 0 saturated heterocycles. The highest BCUT2D eigenvalue weighted by Crippen LogP contribution is 2.31. The number of aromatic carboxylic acids is 1. The van der Waals surface area contributed by atoms with E-state index in [-0.39, 0.29) is 20.1 Å². The minimum absolute atomic E-state index is 0.0205. The summed E-state index contributed by atoms with van der Waals surface area (Å²) in [5, 5.41) is 9.34. The van der Waals surface area contributed by atoms with Crippen LogP contribution in [0.1, 0.15) is 15.2 Å². The lowest BCUT2D eigenvalue weighted by Crippen LogP contribution is -2.23. The number of carboxylic acids is 1. The fraction of sp³-hybridized carbons (Fsp3) is 0.0833. The van der Waals surface area contributed by atoms with E-state index in [0.29, 0.717) is 10.6 Å². The molecule has 0 atom stereocenters. The Morgan fingerprint density at radius 1 is 1.38 bits per heavy atom. The maximum absolute atomic E-state index is 12.2. The van der Waals surface area contributed by atoms with Crippen LogP contribution in [-0.2, 0) is 16.6 Å². The highest BCUT2D eigenvalue weighted by atomic mass is 79.9. The van der Waals surface area contributed by atoms with Crippen molar-refractivity contribution in [3.63, 3.8) is 0 Å². The molecule has 0 spiro atoms. The number of hydrogen-bond acceptors (Lipinski definition) is 4. The summed E-state index contributed by atoms with van der Waals surface area (Å²) in [7, 11) is -3.83. The van der Waals surface area contributed by atoms with Crippen molar-refractivity contribution in [2.45, 2.75) is 11.4 Å². The van der Waals surface area contributed by atoms with E-state index in [9.17, 15) is 13.2 Å². The van der Waals surface area contributed by atoms with Crippen LogP contribution in [-0.4, -0.2) is 19.5 Å². The average molecular weight is 411 g/mol. The van der Waals surface area contributed by atoms with Crippen molar-refractivity contribution >= 4 is 54.9 Å². The van der Waals surface area contributed by atoms with E-state index >= 15 is 0 Å². The zero-order valence-corrected chi connectivity index (χ0v) is 14.3. The van der Waals surface area contributed by atoms with Crippen molar-refractivity contribution < 1.29 is 18.3 Å². The minimum Gasteiger partial charge on any atom is -0.477 e. The molecular formula is C12H9BrClNO4S2. The summed E-state index contributed by atoms with van der Waals surface area (Å²) in [4.78, 5) is 10.7. The van der Waals surface area contributed by atoms with Gasteiger partial charge in [-0.2, -0.15) is 0 Å². The average Bonchev–Trinajstić information content (AvgIpc) is 2.81. The third kappa shape index (κ3) is 3.83. The number of sulfonamides is 1. The van der Waals surface area contributed by atoms with Gasteiger partial charge in [-0.3, -0.25) is 0 Å². The Balaban J connectivity index is 2.23. The third-order valence-corrected chi connectivity index (χ3v) is 6.58. The SMILES string of the molecule is O=C(O)c1cc(S(=O)(=O)NCc2ccccc2Cl)c(Br)s1. The van der Waals surface area contributed by atoms with Gasteiger partial charge in [0.1, 0.15) is 9.77 Å². The van der Waals surface area contributed by atoms with E-state index in [0.717, 1.165) is 17.4 Å². The van der Waals surface area contributed by atoms with Crippen LogP contribution in [0.4, 0.5) is 0 Å². The van der Waals surface area contributed by atoms with Crippen LogP contribution in [0, 0.1) is 0 Å². The molecule has 0 bridgehead atoms. The smallest absolute Gasteiger partial charge is 0.345 e. The molecule has 0 aliphatic carbocycles. The molecule has 112 valence electrons. The number of hydrogen-bond donors (Lipinski definition) is 2. The van der Waals surface area contributed by atoms with Crippen LogP contribution in [0.5, 0.6) is 0 Å². The first-order valence-electron chi connectivity index (χ1n) is 5.57. The van der Waals surface area contributed by atoms with Crippen LogP contribution in [0.2, 0.25) is 5.02 Å². The quantitative estimate of drug-likeness (QED) is 0.792. The molecule has 1 aromatic carbocycles. The maximum Gasteiger partial charge on any atom is 0.345 e. The molecule has 0 aliphatic heterocycles. The fourth-order valence-corrected chi connectivity index (χ4v) is 5.14. The standard InChI is InChI=1S/C12H9BrClNO4S2/c13-11-10(5-9(20-11)12(16)17)21(18,19)15-6-7-3-1-2-4-8(7)14/h1-5,15H,6H2,(H,16,17). The maximum atomic E-state index is 12.2. The Kier molecular flexibility index (Phi) is 5.05. The number of carbonyl (C=O) groups is 1. The topological polar surface area (TPSA) is 83.5 Å². The Morgan fingerprint density at radius 3 is 2.62 bits per heavy atom. The minimum atomic E-state index is -3.83. The first-order valence-corrected chi connectivity index (χ1v) is 9.04. The molecule has 1 aromatic heterocycles. The highest BCUT2D eigenvalue weighted by Gasteiger charge is 2.23. The molecule has 0 amide bonds. The van der Waals surface area contributed by atoms with Crippen molar-refractivity contribution in [2.75, 3.05) is 0 Å². The van der Waals surface area contributed by atoms with Gasteiger partial charge in [0.05, 0.1) is 3.79 Å². The monoisotopic (exact) mass is 409 g/mol. The Morgan fingerprint density at radius 2 is 2.05 bits per heavy atom. The summed E-state index contributed by atoms with van der Waals surface area (Å²) < 4.78 is 27.0. The van der Waals surface area contributed by atoms with Crippen LogP contribution in [0.15, 0.2) is 39.0 Å². The molecule has 2 aromatic rings. The fourth-order valence-electron chi connectivity index (χ4n) is 1.53. The Hall–Kier alpha value is -0.930. The molecule has 0 fully saturated rings. The van der Waals surface area contributed by atoms with Gasteiger partial charge in [-0.1, -0.05) is 29.8 Å². The van der Waals surface area contributed by atoms with Gasteiger partial charge in [-0.25, -0.2) is 17.9 Å². The number of thiophene rings is 1. The molecule has 9 heteroatoms. The number of rotatable bonds is 5.